The Balaban J connectivity index is 1.87. The summed E-state index contributed by atoms with van der Waals surface area (Å²) in [6, 6.07) is 9.32. The van der Waals surface area contributed by atoms with Crippen LogP contribution in [0.4, 0.5) is 13.2 Å². The van der Waals surface area contributed by atoms with Crippen molar-refractivity contribution in [1.82, 2.24) is 5.32 Å². The van der Waals surface area contributed by atoms with Crippen molar-refractivity contribution < 1.29 is 22.7 Å². The Morgan fingerprint density at radius 3 is 2.48 bits per heavy atom. The van der Waals surface area contributed by atoms with E-state index in [9.17, 15) is 18.0 Å². The molecule has 2 aromatic rings. The quantitative estimate of drug-likeness (QED) is 0.915. The molecule has 0 aliphatic rings. The third kappa shape index (κ3) is 5.11. The van der Waals surface area contributed by atoms with Gasteiger partial charge in [-0.1, -0.05) is 6.07 Å². The molecule has 112 valence electrons. The second kappa shape index (κ2) is 6.62. The van der Waals surface area contributed by atoms with Crippen LogP contribution < -0.4 is 10.1 Å². The molecule has 0 radical (unpaired) electrons. The molecule has 0 bridgehead atoms. The first-order valence-corrected chi connectivity index (χ1v) is 6.92. The third-order valence-electron chi connectivity index (χ3n) is 2.52. The van der Waals surface area contributed by atoms with Gasteiger partial charge in [0.1, 0.15) is 5.75 Å². The van der Waals surface area contributed by atoms with E-state index in [0.717, 1.165) is 4.88 Å². The van der Waals surface area contributed by atoms with E-state index >= 15 is 0 Å². The summed E-state index contributed by atoms with van der Waals surface area (Å²) in [6.07, 6.45) is -4.38. The highest BCUT2D eigenvalue weighted by Crippen LogP contribution is 2.19. The fraction of sp³-hybridized carbons (Fsp3) is 0.214. The first-order valence-electron chi connectivity index (χ1n) is 6.04. The molecule has 0 spiro atoms. The maximum absolute atomic E-state index is 12.0. The summed E-state index contributed by atoms with van der Waals surface area (Å²) < 4.78 is 40.6. The lowest BCUT2D eigenvalue weighted by atomic mass is 10.2. The Bertz CT molecular complexity index is 579. The summed E-state index contributed by atoms with van der Waals surface area (Å²) >= 11 is 1.53. The SMILES string of the molecule is O=C(NCc1cccs1)c1ccc(OCC(F)(F)F)cc1. The number of alkyl halides is 3. The molecule has 1 N–H and O–H groups in total. The molecule has 0 unspecified atom stereocenters. The van der Waals surface area contributed by atoms with Crippen LogP contribution in [0.1, 0.15) is 15.2 Å². The number of amides is 1. The second-order valence-electron chi connectivity index (χ2n) is 4.19. The first-order chi connectivity index (χ1) is 9.94. The molecule has 0 saturated heterocycles. The van der Waals surface area contributed by atoms with Gasteiger partial charge in [0.2, 0.25) is 0 Å². The molecule has 7 heteroatoms. The van der Waals surface area contributed by atoms with Crippen LogP contribution in [0.3, 0.4) is 0 Å². The number of hydrogen-bond acceptors (Lipinski definition) is 3. The zero-order valence-corrected chi connectivity index (χ0v) is 11.6. The van der Waals surface area contributed by atoms with E-state index in [1.807, 2.05) is 17.5 Å². The maximum atomic E-state index is 12.0. The molecule has 21 heavy (non-hydrogen) atoms. The number of halogens is 3. The van der Waals surface area contributed by atoms with E-state index in [1.165, 1.54) is 35.6 Å². The van der Waals surface area contributed by atoms with Gasteiger partial charge in [0.05, 0.1) is 6.54 Å². The molecule has 0 aliphatic heterocycles. The van der Waals surface area contributed by atoms with Gasteiger partial charge < -0.3 is 10.1 Å². The minimum atomic E-state index is -4.38. The summed E-state index contributed by atoms with van der Waals surface area (Å²) in [7, 11) is 0. The van der Waals surface area contributed by atoms with Gasteiger partial charge >= 0.3 is 6.18 Å². The lowest BCUT2D eigenvalue weighted by molar-refractivity contribution is -0.153. The molecular weight excluding hydrogens is 303 g/mol. The maximum Gasteiger partial charge on any atom is 0.422 e. The molecule has 0 atom stereocenters. The van der Waals surface area contributed by atoms with Crippen LogP contribution in [0.15, 0.2) is 41.8 Å². The van der Waals surface area contributed by atoms with E-state index in [-0.39, 0.29) is 11.7 Å². The normalized spacial score (nSPS) is 11.2. The van der Waals surface area contributed by atoms with Crippen LogP contribution in [0, 0.1) is 0 Å². The molecule has 0 aliphatic carbocycles. The minimum absolute atomic E-state index is 0.0714. The molecular formula is C14H12F3NO2S. The van der Waals surface area contributed by atoms with Crippen molar-refractivity contribution in [2.45, 2.75) is 12.7 Å². The van der Waals surface area contributed by atoms with E-state index in [2.05, 4.69) is 10.1 Å². The zero-order valence-electron chi connectivity index (χ0n) is 10.8. The fourth-order valence-electron chi connectivity index (χ4n) is 1.55. The first kappa shape index (κ1) is 15.4. The molecule has 0 saturated carbocycles. The number of thiophene rings is 1. The molecule has 1 aromatic heterocycles. The summed E-state index contributed by atoms with van der Waals surface area (Å²) in [5.41, 5.74) is 0.367. The molecule has 3 nitrogen and oxygen atoms in total. The summed E-state index contributed by atoms with van der Waals surface area (Å²) in [5.74, 6) is -0.215. The molecule has 1 amide bonds. The topological polar surface area (TPSA) is 38.3 Å². The minimum Gasteiger partial charge on any atom is -0.484 e. The molecule has 1 heterocycles. The van der Waals surface area contributed by atoms with Crippen LogP contribution in [-0.2, 0) is 6.54 Å². The Labute approximate surface area is 123 Å². The van der Waals surface area contributed by atoms with E-state index in [4.69, 9.17) is 0 Å². The Morgan fingerprint density at radius 1 is 1.19 bits per heavy atom. The van der Waals surface area contributed by atoms with Gasteiger partial charge in [0, 0.05) is 10.4 Å². The van der Waals surface area contributed by atoms with Gasteiger partial charge in [0.25, 0.3) is 5.91 Å². The van der Waals surface area contributed by atoms with Gasteiger partial charge in [-0.05, 0) is 35.7 Å². The number of benzene rings is 1. The van der Waals surface area contributed by atoms with Crippen LogP contribution in [-0.4, -0.2) is 18.7 Å². The number of carbonyl (C=O) groups excluding carboxylic acids is 1. The van der Waals surface area contributed by atoms with Crippen molar-refractivity contribution in [2.24, 2.45) is 0 Å². The van der Waals surface area contributed by atoms with Crippen molar-refractivity contribution >= 4 is 17.2 Å². The van der Waals surface area contributed by atoms with Gasteiger partial charge in [-0.2, -0.15) is 13.2 Å². The lowest BCUT2D eigenvalue weighted by Gasteiger charge is -2.09. The van der Waals surface area contributed by atoms with Gasteiger partial charge in [0.15, 0.2) is 6.61 Å². The molecule has 2 rings (SSSR count). The van der Waals surface area contributed by atoms with Crippen LogP contribution >= 0.6 is 11.3 Å². The number of nitrogens with one attached hydrogen (secondary N) is 1. The number of rotatable bonds is 5. The largest absolute Gasteiger partial charge is 0.484 e. The standard InChI is InChI=1S/C14H12F3NO2S/c15-14(16,17)9-20-11-5-3-10(4-6-11)13(19)18-8-12-2-1-7-21-12/h1-7H,8-9H2,(H,18,19). The van der Waals surface area contributed by atoms with Crippen LogP contribution in [0.5, 0.6) is 5.75 Å². The van der Waals surface area contributed by atoms with Gasteiger partial charge in [-0.25, -0.2) is 0 Å². The lowest BCUT2D eigenvalue weighted by Crippen LogP contribution is -2.22. The highest BCUT2D eigenvalue weighted by molar-refractivity contribution is 7.09. The van der Waals surface area contributed by atoms with Crippen molar-refractivity contribution in [2.75, 3.05) is 6.61 Å². The Kier molecular flexibility index (Phi) is 4.85. The van der Waals surface area contributed by atoms with E-state index in [0.29, 0.717) is 12.1 Å². The van der Waals surface area contributed by atoms with Gasteiger partial charge in [-0.3, -0.25) is 4.79 Å². The number of carbonyl (C=O) groups is 1. The molecule has 1 aromatic carbocycles. The Hall–Kier alpha value is -2.02. The monoisotopic (exact) mass is 315 g/mol. The van der Waals surface area contributed by atoms with Crippen LogP contribution in [0.2, 0.25) is 0 Å². The predicted octanol–water partition coefficient (Wildman–Crippen LogP) is 3.62. The zero-order chi connectivity index (χ0) is 15.3. The smallest absolute Gasteiger partial charge is 0.422 e. The summed E-state index contributed by atoms with van der Waals surface area (Å²) in [6.45, 7) is -0.931. The van der Waals surface area contributed by atoms with E-state index in [1.54, 1.807) is 0 Å². The van der Waals surface area contributed by atoms with Crippen molar-refractivity contribution in [3.05, 3.63) is 52.2 Å². The number of ether oxygens (including phenoxy) is 1. The van der Waals surface area contributed by atoms with Gasteiger partial charge in [-0.15, -0.1) is 11.3 Å². The van der Waals surface area contributed by atoms with Crippen LogP contribution in [0.25, 0.3) is 0 Å². The predicted molar refractivity (Wildman–Crippen MR) is 73.5 cm³/mol. The number of hydrogen-bond donors (Lipinski definition) is 1. The molecule has 0 fully saturated rings. The average Bonchev–Trinajstić information content (AvgIpc) is 2.95. The Morgan fingerprint density at radius 2 is 1.90 bits per heavy atom. The van der Waals surface area contributed by atoms with Crippen molar-refractivity contribution in [3.63, 3.8) is 0 Å². The highest BCUT2D eigenvalue weighted by Gasteiger charge is 2.28. The third-order valence-corrected chi connectivity index (χ3v) is 3.40. The van der Waals surface area contributed by atoms with E-state index < -0.39 is 12.8 Å². The van der Waals surface area contributed by atoms with Crippen molar-refractivity contribution in [3.8, 4) is 5.75 Å². The second-order valence-corrected chi connectivity index (χ2v) is 5.22. The summed E-state index contributed by atoms with van der Waals surface area (Å²) in [4.78, 5) is 12.9. The summed E-state index contributed by atoms with van der Waals surface area (Å²) in [5, 5.41) is 4.64. The average molecular weight is 315 g/mol. The highest BCUT2D eigenvalue weighted by atomic mass is 32.1. The fourth-order valence-corrected chi connectivity index (χ4v) is 2.19. The van der Waals surface area contributed by atoms with Crippen molar-refractivity contribution in [1.29, 1.82) is 0 Å².